The fraction of sp³-hybridized carbons (Fsp3) is 0.467. The van der Waals surface area contributed by atoms with Crippen molar-refractivity contribution in [1.82, 2.24) is 5.32 Å². The van der Waals surface area contributed by atoms with Gasteiger partial charge in [0.25, 0.3) is 0 Å². The van der Waals surface area contributed by atoms with E-state index in [1.165, 1.54) is 5.56 Å². The molecule has 0 bridgehead atoms. The van der Waals surface area contributed by atoms with Crippen molar-refractivity contribution in [3.63, 3.8) is 0 Å². The van der Waals surface area contributed by atoms with E-state index in [2.05, 4.69) is 29.3 Å². The van der Waals surface area contributed by atoms with Gasteiger partial charge in [-0.25, -0.2) is 0 Å². The van der Waals surface area contributed by atoms with Crippen molar-refractivity contribution in [3.05, 3.63) is 29.8 Å². The molecule has 0 aliphatic heterocycles. The topological polar surface area (TPSA) is 21.3 Å². The fourth-order valence-electron chi connectivity index (χ4n) is 1.77. The number of rotatable bonds is 6. The largest absolute Gasteiger partial charge is 0.497 e. The van der Waals surface area contributed by atoms with Crippen LogP contribution in [0.2, 0.25) is 0 Å². The number of hydrogen-bond donors (Lipinski definition) is 1. The molecular formula is C15H21NO. The predicted octanol–water partition coefficient (Wildman–Crippen LogP) is 2.63. The Labute approximate surface area is 104 Å². The summed E-state index contributed by atoms with van der Waals surface area (Å²) < 4.78 is 5.15. The molecule has 92 valence electrons. The number of nitrogens with one attached hydrogen (secondary N) is 1. The minimum Gasteiger partial charge on any atom is -0.497 e. The second-order valence-corrected chi connectivity index (χ2v) is 4.00. The molecule has 2 heteroatoms. The Morgan fingerprint density at radius 1 is 1.29 bits per heavy atom. The molecule has 0 radical (unpaired) electrons. The zero-order valence-electron chi connectivity index (χ0n) is 10.9. The molecule has 0 spiro atoms. The first kappa shape index (κ1) is 13.6. The van der Waals surface area contributed by atoms with Crippen LogP contribution in [0.25, 0.3) is 0 Å². The van der Waals surface area contributed by atoms with E-state index in [0.717, 1.165) is 25.0 Å². The zero-order chi connectivity index (χ0) is 12.5. The number of benzene rings is 1. The molecule has 1 atom stereocenters. The van der Waals surface area contributed by atoms with Crippen LogP contribution < -0.4 is 10.1 Å². The second-order valence-electron chi connectivity index (χ2n) is 4.00. The van der Waals surface area contributed by atoms with Crippen molar-refractivity contribution in [2.24, 2.45) is 0 Å². The van der Waals surface area contributed by atoms with Crippen molar-refractivity contribution in [1.29, 1.82) is 0 Å². The molecule has 2 nitrogen and oxygen atoms in total. The van der Waals surface area contributed by atoms with E-state index in [9.17, 15) is 0 Å². The van der Waals surface area contributed by atoms with E-state index in [1.807, 2.05) is 26.1 Å². The third-order valence-corrected chi connectivity index (χ3v) is 2.84. The van der Waals surface area contributed by atoms with Crippen molar-refractivity contribution in [3.8, 4) is 17.6 Å². The Kier molecular flexibility index (Phi) is 6.21. The third-order valence-electron chi connectivity index (χ3n) is 2.84. The highest BCUT2D eigenvalue weighted by atomic mass is 16.5. The van der Waals surface area contributed by atoms with E-state index in [0.29, 0.717) is 6.04 Å². The van der Waals surface area contributed by atoms with Crippen molar-refractivity contribution < 1.29 is 4.74 Å². The van der Waals surface area contributed by atoms with E-state index in [1.54, 1.807) is 7.11 Å². The minimum absolute atomic E-state index is 0.490. The van der Waals surface area contributed by atoms with E-state index >= 15 is 0 Å². The lowest BCUT2D eigenvalue weighted by molar-refractivity contribution is 0.414. The lowest BCUT2D eigenvalue weighted by atomic mass is 10.0. The SMILES string of the molecule is CC#CCCC(Cc1ccc(OC)cc1)NC. The van der Waals surface area contributed by atoms with Crippen LogP contribution in [-0.4, -0.2) is 20.2 Å². The molecule has 1 N–H and O–H groups in total. The van der Waals surface area contributed by atoms with Gasteiger partial charge in [0.2, 0.25) is 0 Å². The molecule has 0 aliphatic rings. The first-order chi connectivity index (χ1) is 8.30. The molecule has 0 saturated carbocycles. The van der Waals surface area contributed by atoms with Crippen molar-refractivity contribution in [2.75, 3.05) is 14.2 Å². The van der Waals surface area contributed by atoms with Gasteiger partial charge in [0.05, 0.1) is 7.11 Å². The smallest absolute Gasteiger partial charge is 0.118 e. The van der Waals surface area contributed by atoms with Crippen LogP contribution in [0.5, 0.6) is 5.75 Å². The standard InChI is InChI=1S/C15H21NO/c1-4-5-6-7-14(16-2)12-13-8-10-15(17-3)11-9-13/h8-11,14,16H,6-7,12H2,1-3H3. The van der Waals surface area contributed by atoms with Gasteiger partial charge in [0.1, 0.15) is 5.75 Å². The van der Waals surface area contributed by atoms with Gasteiger partial charge in [-0.2, -0.15) is 0 Å². The van der Waals surface area contributed by atoms with E-state index in [-0.39, 0.29) is 0 Å². The van der Waals surface area contributed by atoms with Crippen LogP contribution in [0, 0.1) is 11.8 Å². The van der Waals surface area contributed by atoms with Crippen LogP contribution in [0.3, 0.4) is 0 Å². The van der Waals surface area contributed by atoms with Crippen molar-refractivity contribution >= 4 is 0 Å². The monoisotopic (exact) mass is 231 g/mol. The Hall–Kier alpha value is -1.46. The maximum Gasteiger partial charge on any atom is 0.118 e. The summed E-state index contributed by atoms with van der Waals surface area (Å²) >= 11 is 0. The Morgan fingerprint density at radius 3 is 2.53 bits per heavy atom. The molecule has 0 amide bonds. The maximum absolute atomic E-state index is 5.15. The van der Waals surface area contributed by atoms with Gasteiger partial charge >= 0.3 is 0 Å². The quantitative estimate of drug-likeness (QED) is 0.760. The Bertz CT molecular complexity index is 372. The average molecular weight is 231 g/mol. The van der Waals surface area contributed by atoms with E-state index < -0.39 is 0 Å². The molecule has 1 aromatic carbocycles. The molecule has 1 unspecified atom stereocenters. The molecule has 0 aliphatic carbocycles. The first-order valence-corrected chi connectivity index (χ1v) is 6.00. The van der Waals surface area contributed by atoms with Crippen LogP contribution in [0.15, 0.2) is 24.3 Å². The summed E-state index contributed by atoms with van der Waals surface area (Å²) in [6.45, 7) is 1.89. The van der Waals surface area contributed by atoms with Gasteiger partial charge in [0.15, 0.2) is 0 Å². The summed E-state index contributed by atoms with van der Waals surface area (Å²) in [7, 11) is 3.70. The molecule has 1 rings (SSSR count). The number of ether oxygens (including phenoxy) is 1. The van der Waals surface area contributed by atoms with Gasteiger partial charge in [0, 0.05) is 12.5 Å². The minimum atomic E-state index is 0.490. The lowest BCUT2D eigenvalue weighted by Crippen LogP contribution is -2.27. The summed E-state index contributed by atoms with van der Waals surface area (Å²) in [5, 5.41) is 3.34. The molecule has 1 aromatic rings. The van der Waals surface area contributed by atoms with Crippen LogP contribution in [0.1, 0.15) is 25.3 Å². The second kappa shape index (κ2) is 7.76. The highest BCUT2D eigenvalue weighted by Crippen LogP contribution is 2.13. The first-order valence-electron chi connectivity index (χ1n) is 6.00. The predicted molar refractivity (Wildman–Crippen MR) is 72.2 cm³/mol. The molecule has 0 heterocycles. The average Bonchev–Trinajstić information content (AvgIpc) is 2.38. The number of likely N-dealkylation sites (N-methyl/N-ethyl adjacent to an activating group) is 1. The zero-order valence-corrected chi connectivity index (χ0v) is 10.9. The van der Waals surface area contributed by atoms with Crippen LogP contribution >= 0.6 is 0 Å². The highest BCUT2D eigenvalue weighted by Gasteiger charge is 2.06. The molecule has 17 heavy (non-hydrogen) atoms. The lowest BCUT2D eigenvalue weighted by Gasteiger charge is -2.15. The normalized spacial score (nSPS) is 11.5. The Balaban J connectivity index is 2.50. The fourth-order valence-corrected chi connectivity index (χ4v) is 1.77. The highest BCUT2D eigenvalue weighted by molar-refractivity contribution is 5.27. The molecule has 0 saturated heterocycles. The van der Waals surface area contributed by atoms with Gasteiger partial charge in [-0.3, -0.25) is 0 Å². The van der Waals surface area contributed by atoms with Gasteiger partial charge in [-0.1, -0.05) is 12.1 Å². The Morgan fingerprint density at radius 2 is 2.00 bits per heavy atom. The van der Waals surface area contributed by atoms with Gasteiger partial charge in [-0.05, 0) is 44.5 Å². The van der Waals surface area contributed by atoms with Crippen molar-refractivity contribution in [2.45, 2.75) is 32.2 Å². The summed E-state index contributed by atoms with van der Waals surface area (Å²) in [6, 6.07) is 8.75. The van der Waals surface area contributed by atoms with Crippen LogP contribution in [-0.2, 0) is 6.42 Å². The molecule has 0 fully saturated rings. The summed E-state index contributed by atoms with van der Waals surface area (Å²) in [5.74, 6) is 6.95. The number of hydrogen-bond acceptors (Lipinski definition) is 2. The summed E-state index contributed by atoms with van der Waals surface area (Å²) in [5.41, 5.74) is 1.33. The summed E-state index contributed by atoms with van der Waals surface area (Å²) in [4.78, 5) is 0. The maximum atomic E-state index is 5.15. The molecule has 0 aromatic heterocycles. The van der Waals surface area contributed by atoms with E-state index in [4.69, 9.17) is 4.74 Å². The van der Waals surface area contributed by atoms with Crippen LogP contribution in [0.4, 0.5) is 0 Å². The summed E-state index contributed by atoms with van der Waals surface area (Å²) in [6.07, 6.45) is 3.08. The van der Waals surface area contributed by atoms with Gasteiger partial charge in [-0.15, -0.1) is 11.8 Å². The van der Waals surface area contributed by atoms with Gasteiger partial charge < -0.3 is 10.1 Å². The third kappa shape index (κ3) is 4.93. The molecular weight excluding hydrogens is 210 g/mol. The number of methoxy groups -OCH3 is 1.